The third-order valence-corrected chi connectivity index (χ3v) is 5.03. The van der Waals surface area contributed by atoms with Crippen LogP contribution in [-0.4, -0.2) is 31.1 Å². The van der Waals surface area contributed by atoms with Crippen LogP contribution in [0.4, 0.5) is 5.13 Å². The zero-order chi connectivity index (χ0) is 19.5. The Balaban J connectivity index is 1.45. The molecule has 0 saturated carbocycles. The number of rotatable bonds is 5. The van der Waals surface area contributed by atoms with E-state index in [4.69, 9.17) is 0 Å². The van der Waals surface area contributed by atoms with Crippen LogP contribution >= 0.6 is 11.3 Å². The van der Waals surface area contributed by atoms with Crippen molar-refractivity contribution in [1.82, 2.24) is 25.2 Å². The first-order valence-electron chi connectivity index (χ1n) is 8.78. The highest BCUT2D eigenvalue weighted by atomic mass is 32.1. The SMILES string of the molecule is Cc1ccc(-c2nnn(C(C)C(=O)Nc3nc(-c4ccccc4)cs3)n2)cc1. The number of carbonyl (C=O) groups is 1. The van der Waals surface area contributed by atoms with Crippen LogP contribution in [0.25, 0.3) is 22.6 Å². The number of nitrogens with zero attached hydrogens (tertiary/aromatic N) is 5. The summed E-state index contributed by atoms with van der Waals surface area (Å²) >= 11 is 1.38. The summed E-state index contributed by atoms with van der Waals surface area (Å²) in [6.07, 6.45) is 0. The van der Waals surface area contributed by atoms with Crippen LogP contribution in [0.5, 0.6) is 0 Å². The highest BCUT2D eigenvalue weighted by molar-refractivity contribution is 7.14. The number of hydrogen-bond donors (Lipinski definition) is 1. The summed E-state index contributed by atoms with van der Waals surface area (Å²) in [5.74, 6) is 0.238. The lowest BCUT2D eigenvalue weighted by molar-refractivity contribution is -0.119. The number of carbonyl (C=O) groups excluding carboxylic acids is 1. The fourth-order valence-corrected chi connectivity index (χ4v) is 3.32. The standard InChI is InChI=1S/C20H18N6OS/c1-13-8-10-16(11-9-13)18-23-25-26(24-18)14(2)19(27)22-20-21-17(12-28-20)15-6-4-3-5-7-15/h3-12,14H,1-2H3,(H,21,22,27). The van der Waals surface area contributed by atoms with Crippen molar-refractivity contribution in [1.29, 1.82) is 0 Å². The van der Waals surface area contributed by atoms with Gasteiger partial charge in [0.05, 0.1) is 5.69 Å². The highest BCUT2D eigenvalue weighted by Crippen LogP contribution is 2.25. The van der Waals surface area contributed by atoms with Crippen LogP contribution in [0.1, 0.15) is 18.5 Å². The molecule has 4 rings (SSSR count). The van der Waals surface area contributed by atoms with E-state index in [-0.39, 0.29) is 5.91 Å². The van der Waals surface area contributed by atoms with Crippen LogP contribution in [0.3, 0.4) is 0 Å². The first-order valence-corrected chi connectivity index (χ1v) is 9.66. The van der Waals surface area contributed by atoms with E-state index in [9.17, 15) is 4.79 Å². The van der Waals surface area contributed by atoms with Crippen LogP contribution in [0.15, 0.2) is 60.0 Å². The molecule has 1 amide bonds. The minimum atomic E-state index is -0.615. The molecule has 0 radical (unpaired) electrons. The molecule has 0 aliphatic rings. The van der Waals surface area contributed by atoms with Crippen LogP contribution < -0.4 is 5.32 Å². The molecule has 1 atom stereocenters. The third kappa shape index (κ3) is 3.81. The van der Waals surface area contributed by atoms with Crippen molar-refractivity contribution >= 4 is 22.4 Å². The van der Waals surface area contributed by atoms with Gasteiger partial charge in [0.1, 0.15) is 6.04 Å². The average molecular weight is 390 g/mol. The molecule has 2 aromatic heterocycles. The Bertz CT molecular complexity index is 1090. The summed E-state index contributed by atoms with van der Waals surface area (Å²) in [6.45, 7) is 3.74. The van der Waals surface area contributed by atoms with Gasteiger partial charge in [0.15, 0.2) is 5.13 Å². The second kappa shape index (κ2) is 7.69. The summed E-state index contributed by atoms with van der Waals surface area (Å²) in [5.41, 5.74) is 3.85. The van der Waals surface area contributed by atoms with Crippen LogP contribution in [0, 0.1) is 6.92 Å². The van der Waals surface area contributed by atoms with Crippen molar-refractivity contribution in [2.45, 2.75) is 19.9 Å². The molecule has 1 N–H and O–H groups in total. The fourth-order valence-electron chi connectivity index (χ4n) is 2.59. The molecule has 7 nitrogen and oxygen atoms in total. The molecule has 1 unspecified atom stereocenters. The summed E-state index contributed by atoms with van der Waals surface area (Å²) in [4.78, 5) is 18.4. The minimum absolute atomic E-state index is 0.248. The van der Waals surface area contributed by atoms with Gasteiger partial charge in [0.2, 0.25) is 5.82 Å². The predicted octanol–water partition coefficient (Wildman–Crippen LogP) is 3.97. The molecule has 0 saturated heterocycles. The molecule has 140 valence electrons. The molecular formula is C20H18N6OS. The maximum Gasteiger partial charge on any atom is 0.252 e. The van der Waals surface area contributed by atoms with E-state index in [0.717, 1.165) is 22.4 Å². The number of anilines is 1. The van der Waals surface area contributed by atoms with E-state index in [1.807, 2.05) is 66.9 Å². The Morgan fingerprint density at radius 3 is 2.57 bits per heavy atom. The van der Waals surface area contributed by atoms with Crippen molar-refractivity contribution in [3.63, 3.8) is 0 Å². The first kappa shape index (κ1) is 18.0. The maximum absolute atomic E-state index is 12.6. The Morgan fingerprint density at radius 2 is 1.82 bits per heavy atom. The van der Waals surface area contributed by atoms with Crippen molar-refractivity contribution in [2.75, 3.05) is 5.32 Å². The Hall–Kier alpha value is -3.39. The normalized spacial score (nSPS) is 11.9. The molecule has 0 fully saturated rings. The largest absolute Gasteiger partial charge is 0.300 e. The van der Waals surface area contributed by atoms with Gasteiger partial charge in [-0.2, -0.15) is 4.80 Å². The van der Waals surface area contributed by atoms with Crippen LogP contribution in [-0.2, 0) is 4.79 Å². The Labute approximate surface area is 166 Å². The van der Waals surface area contributed by atoms with E-state index < -0.39 is 6.04 Å². The number of amides is 1. The van der Waals surface area contributed by atoms with Crippen molar-refractivity contribution in [2.24, 2.45) is 0 Å². The van der Waals surface area contributed by atoms with Crippen molar-refractivity contribution < 1.29 is 4.79 Å². The summed E-state index contributed by atoms with van der Waals surface area (Å²) in [7, 11) is 0. The number of nitrogens with one attached hydrogen (secondary N) is 1. The molecule has 28 heavy (non-hydrogen) atoms. The van der Waals surface area contributed by atoms with E-state index in [1.165, 1.54) is 16.1 Å². The fraction of sp³-hybridized carbons (Fsp3) is 0.150. The van der Waals surface area contributed by atoms with E-state index >= 15 is 0 Å². The highest BCUT2D eigenvalue weighted by Gasteiger charge is 2.20. The van der Waals surface area contributed by atoms with Crippen LogP contribution in [0.2, 0.25) is 0 Å². The van der Waals surface area contributed by atoms with Gasteiger partial charge < -0.3 is 5.32 Å². The molecule has 2 heterocycles. The van der Waals surface area contributed by atoms with Gasteiger partial charge in [-0.15, -0.1) is 21.5 Å². The lowest BCUT2D eigenvalue weighted by Crippen LogP contribution is -2.25. The van der Waals surface area contributed by atoms with Gasteiger partial charge in [-0.3, -0.25) is 4.79 Å². The van der Waals surface area contributed by atoms with E-state index in [2.05, 4.69) is 25.7 Å². The van der Waals surface area contributed by atoms with Gasteiger partial charge in [-0.1, -0.05) is 60.2 Å². The Kier molecular flexibility index (Phi) is 4.94. The van der Waals surface area contributed by atoms with Gasteiger partial charge >= 0.3 is 0 Å². The molecule has 0 spiro atoms. The summed E-state index contributed by atoms with van der Waals surface area (Å²) in [6, 6.07) is 17.0. The third-order valence-electron chi connectivity index (χ3n) is 4.27. The summed E-state index contributed by atoms with van der Waals surface area (Å²) < 4.78 is 0. The van der Waals surface area contributed by atoms with Crippen molar-refractivity contribution in [3.8, 4) is 22.6 Å². The molecule has 0 aliphatic heterocycles. The second-order valence-electron chi connectivity index (χ2n) is 6.37. The van der Waals surface area contributed by atoms with Crippen molar-refractivity contribution in [3.05, 3.63) is 65.5 Å². The smallest absolute Gasteiger partial charge is 0.252 e. The van der Waals surface area contributed by atoms with Gasteiger partial charge in [0.25, 0.3) is 5.91 Å². The van der Waals surface area contributed by atoms with E-state index in [1.54, 1.807) is 6.92 Å². The number of aromatic nitrogens is 5. The van der Waals surface area contributed by atoms with E-state index in [0.29, 0.717) is 11.0 Å². The first-order chi connectivity index (χ1) is 13.6. The molecular weight excluding hydrogens is 372 g/mol. The molecule has 4 aromatic rings. The number of aryl methyl sites for hydroxylation is 1. The molecule has 8 heteroatoms. The maximum atomic E-state index is 12.6. The zero-order valence-corrected chi connectivity index (χ0v) is 16.2. The van der Waals surface area contributed by atoms with Gasteiger partial charge in [-0.05, 0) is 19.1 Å². The lowest BCUT2D eigenvalue weighted by Gasteiger charge is -2.08. The second-order valence-corrected chi connectivity index (χ2v) is 7.23. The Morgan fingerprint density at radius 1 is 1.07 bits per heavy atom. The average Bonchev–Trinajstić information content (AvgIpc) is 3.39. The van der Waals surface area contributed by atoms with Gasteiger partial charge in [-0.25, -0.2) is 4.98 Å². The lowest BCUT2D eigenvalue weighted by atomic mass is 10.1. The predicted molar refractivity (Wildman–Crippen MR) is 109 cm³/mol. The topological polar surface area (TPSA) is 85.6 Å². The monoisotopic (exact) mass is 390 g/mol. The quantitative estimate of drug-likeness (QED) is 0.557. The molecule has 0 aliphatic carbocycles. The molecule has 2 aromatic carbocycles. The number of tetrazole rings is 1. The molecule has 0 bridgehead atoms. The van der Waals surface area contributed by atoms with Gasteiger partial charge in [0, 0.05) is 16.5 Å². The number of thiazole rings is 1. The number of hydrogen-bond acceptors (Lipinski definition) is 6. The number of benzene rings is 2. The summed E-state index contributed by atoms with van der Waals surface area (Å²) in [5, 5.41) is 17.7. The minimum Gasteiger partial charge on any atom is -0.300 e. The zero-order valence-electron chi connectivity index (χ0n) is 15.4.